The van der Waals surface area contributed by atoms with Gasteiger partial charge in [-0.05, 0) is 37.5 Å². The van der Waals surface area contributed by atoms with Crippen molar-refractivity contribution in [3.8, 4) is 5.75 Å². The van der Waals surface area contributed by atoms with Gasteiger partial charge in [-0.1, -0.05) is 6.07 Å². The minimum atomic E-state index is -0.101. The molecule has 1 saturated carbocycles. The van der Waals surface area contributed by atoms with Gasteiger partial charge in [0.1, 0.15) is 11.3 Å². The van der Waals surface area contributed by atoms with Crippen LogP contribution in [0.4, 0.5) is 5.82 Å². The molecule has 1 aliphatic carbocycles. The number of amides is 2. The number of hydrogen-bond donors (Lipinski definition) is 1. The third-order valence-electron chi connectivity index (χ3n) is 5.75. The monoisotopic (exact) mass is 383 g/mol. The second-order valence-electron chi connectivity index (χ2n) is 7.40. The highest BCUT2D eigenvalue weighted by molar-refractivity contribution is 5.99. The Bertz CT molecular complexity index is 909. The Morgan fingerprint density at radius 2 is 1.82 bits per heavy atom. The fraction of sp³-hybridized carbons (Fsp3) is 0.450. The van der Waals surface area contributed by atoms with E-state index in [1.165, 1.54) is 0 Å². The molecule has 2 aromatic rings. The number of hydrogen-bond acceptors (Lipinski definition) is 5. The molecular weight excluding hydrogens is 358 g/mol. The first-order chi connectivity index (χ1) is 13.5. The van der Waals surface area contributed by atoms with Crippen molar-refractivity contribution < 1.29 is 14.3 Å². The summed E-state index contributed by atoms with van der Waals surface area (Å²) in [6, 6.07) is 7.25. The quantitative estimate of drug-likeness (QED) is 0.868. The Morgan fingerprint density at radius 1 is 1.14 bits per heavy atom. The van der Waals surface area contributed by atoms with Crippen LogP contribution in [0.5, 0.6) is 5.75 Å². The largest absolute Gasteiger partial charge is 0.497 e. The molecule has 1 aromatic carbocycles. The molecule has 2 fully saturated rings. The zero-order valence-corrected chi connectivity index (χ0v) is 16.2. The zero-order chi connectivity index (χ0) is 19.8. The molecular formula is C20H25N5O3. The average molecular weight is 383 g/mol. The Labute approximate surface area is 163 Å². The van der Waals surface area contributed by atoms with Crippen LogP contribution < -0.4 is 10.5 Å². The number of anilines is 1. The number of methoxy groups -OCH3 is 1. The van der Waals surface area contributed by atoms with Crippen molar-refractivity contribution in [2.45, 2.75) is 31.3 Å². The molecule has 2 atom stereocenters. The van der Waals surface area contributed by atoms with E-state index in [0.717, 1.165) is 19.3 Å². The number of piperazine rings is 1. The Morgan fingerprint density at radius 3 is 2.43 bits per heavy atom. The van der Waals surface area contributed by atoms with Gasteiger partial charge in [0.25, 0.3) is 11.8 Å². The van der Waals surface area contributed by atoms with Crippen LogP contribution >= 0.6 is 0 Å². The van der Waals surface area contributed by atoms with Gasteiger partial charge in [0.15, 0.2) is 5.82 Å². The van der Waals surface area contributed by atoms with Crippen molar-refractivity contribution in [2.24, 2.45) is 7.05 Å². The maximum Gasteiger partial charge on any atom is 0.259 e. The Balaban J connectivity index is 1.56. The second-order valence-corrected chi connectivity index (χ2v) is 7.40. The van der Waals surface area contributed by atoms with Crippen LogP contribution in [0.3, 0.4) is 0 Å². The van der Waals surface area contributed by atoms with Crippen molar-refractivity contribution >= 4 is 17.6 Å². The topological polar surface area (TPSA) is 93.7 Å². The molecule has 0 spiro atoms. The molecule has 0 bridgehead atoms. The van der Waals surface area contributed by atoms with E-state index < -0.39 is 0 Å². The van der Waals surface area contributed by atoms with Crippen LogP contribution in [0.2, 0.25) is 0 Å². The van der Waals surface area contributed by atoms with E-state index in [1.54, 1.807) is 31.1 Å². The van der Waals surface area contributed by atoms with Crippen LogP contribution in [-0.4, -0.2) is 63.7 Å². The molecule has 4 rings (SSSR count). The number of carbonyl (C=O) groups excluding carboxylic acids is 2. The second kappa shape index (κ2) is 7.18. The number of nitrogens with two attached hydrogens (primary N) is 1. The average Bonchev–Trinajstić information content (AvgIpc) is 3.32. The Hall–Kier alpha value is -3.03. The van der Waals surface area contributed by atoms with Crippen molar-refractivity contribution in [3.05, 3.63) is 41.6 Å². The number of nitrogen functional groups attached to an aromatic ring is 1. The van der Waals surface area contributed by atoms with Gasteiger partial charge in [-0.15, -0.1) is 0 Å². The van der Waals surface area contributed by atoms with E-state index in [2.05, 4.69) is 5.10 Å². The van der Waals surface area contributed by atoms with Crippen LogP contribution in [0.15, 0.2) is 30.5 Å². The lowest BCUT2D eigenvalue weighted by molar-refractivity contribution is 0.0241. The third-order valence-corrected chi connectivity index (χ3v) is 5.75. The van der Waals surface area contributed by atoms with Gasteiger partial charge in [0.2, 0.25) is 0 Å². The van der Waals surface area contributed by atoms with Crippen molar-refractivity contribution in [1.82, 2.24) is 19.6 Å². The standard InChI is InChI=1S/C20H25N5O3/c1-23-12-15(18(21)22-23)20(27)25-10-9-24(16-7-4-8-17(16)25)19(26)13-5-3-6-14(11-13)28-2/h3,5-6,11-12,16-17H,4,7-10H2,1-2H3,(H2,21,22)/t16-,17+/m0/s1. The van der Waals surface area contributed by atoms with E-state index in [9.17, 15) is 9.59 Å². The number of aromatic nitrogens is 2. The number of ether oxygens (including phenoxy) is 1. The Kier molecular flexibility index (Phi) is 4.70. The lowest BCUT2D eigenvalue weighted by Gasteiger charge is -2.44. The van der Waals surface area contributed by atoms with E-state index in [-0.39, 0.29) is 29.7 Å². The van der Waals surface area contributed by atoms with Gasteiger partial charge in [0.05, 0.1) is 19.2 Å². The van der Waals surface area contributed by atoms with Crippen molar-refractivity contribution in [3.63, 3.8) is 0 Å². The van der Waals surface area contributed by atoms with Gasteiger partial charge >= 0.3 is 0 Å². The molecule has 28 heavy (non-hydrogen) atoms. The predicted octanol–water partition coefficient (Wildman–Crippen LogP) is 1.53. The highest BCUT2D eigenvalue weighted by Crippen LogP contribution is 2.34. The summed E-state index contributed by atoms with van der Waals surface area (Å²) < 4.78 is 6.80. The molecule has 2 N–H and O–H groups in total. The van der Waals surface area contributed by atoms with Gasteiger partial charge in [0, 0.05) is 31.9 Å². The highest BCUT2D eigenvalue weighted by Gasteiger charge is 2.44. The SMILES string of the molecule is COc1cccc(C(=O)N2CCN(C(=O)c3cn(C)nc3N)[C@@H]3CCC[C@@H]32)c1. The van der Waals surface area contributed by atoms with E-state index in [4.69, 9.17) is 10.5 Å². The first-order valence-electron chi connectivity index (χ1n) is 9.54. The van der Waals surface area contributed by atoms with Crippen LogP contribution in [0.1, 0.15) is 40.0 Å². The van der Waals surface area contributed by atoms with Gasteiger partial charge in [-0.2, -0.15) is 5.10 Å². The number of rotatable bonds is 3. The molecule has 1 aromatic heterocycles. The summed E-state index contributed by atoms with van der Waals surface area (Å²) in [6.07, 6.45) is 4.43. The summed E-state index contributed by atoms with van der Waals surface area (Å²) in [6.45, 7) is 0.993. The van der Waals surface area contributed by atoms with Gasteiger partial charge in [-0.3, -0.25) is 14.3 Å². The zero-order valence-electron chi connectivity index (χ0n) is 16.2. The molecule has 0 radical (unpaired) electrons. The normalized spacial score (nSPS) is 21.5. The van der Waals surface area contributed by atoms with E-state index in [1.807, 2.05) is 28.0 Å². The maximum atomic E-state index is 13.1. The van der Waals surface area contributed by atoms with Crippen LogP contribution in [-0.2, 0) is 7.05 Å². The third kappa shape index (κ3) is 3.08. The summed E-state index contributed by atoms with van der Waals surface area (Å²) in [4.78, 5) is 30.0. The first kappa shape index (κ1) is 18.3. The highest BCUT2D eigenvalue weighted by atomic mass is 16.5. The molecule has 1 saturated heterocycles. The number of benzene rings is 1. The minimum Gasteiger partial charge on any atom is -0.497 e. The van der Waals surface area contributed by atoms with Crippen molar-refractivity contribution in [2.75, 3.05) is 25.9 Å². The number of carbonyl (C=O) groups is 2. The summed E-state index contributed by atoms with van der Waals surface area (Å²) in [5, 5.41) is 4.08. The molecule has 2 aliphatic rings. The summed E-state index contributed by atoms with van der Waals surface area (Å²) in [7, 11) is 3.33. The van der Waals surface area contributed by atoms with Crippen molar-refractivity contribution in [1.29, 1.82) is 0 Å². The molecule has 8 heteroatoms. The fourth-order valence-corrected chi connectivity index (χ4v) is 4.45. The van der Waals surface area contributed by atoms with Crippen LogP contribution in [0.25, 0.3) is 0 Å². The maximum absolute atomic E-state index is 13.1. The first-order valence-corrected chi connectivity index (χ1v) is 9.54. The molecule has 0 unspecified atom stereocenters. The predicted molar refractivity (Wildman–Crippen MR) is 104 cm³/mol. The van der Waals surface area contributed by atoms with Gasteiger partial charge < -0.3 is 20.3 Å². The van der Waals surface area contributed by atoms with E-state index >= 15 is 0 Å². The van der Waals surface area contributed by atoms with Crippen LogP contribution in [0, 0.1) is 0 Å². The minimum absolute atomic E-state index is 0.00964. The lowest BCUT2D eigenvalue weighted by atomic mass is 10.0. The number of fused-ring (bicyclic) bond motifs is 1. The number of aryl methyl sites for hydroxylation is 1. The lowest BCUT2D eigenvalue weighted by Crippen LogP contribution is -2.60. The molecule has 2 heterocycles. The molecule has 1 aliphatic heterocycles. The smallest absolute Gasteiger partial charge is 0.259 e. The summed E-state index contributed by atoms with van der Waals surface area (Å²) >= 11 is 0. The summed E-state index contributed by atoms with van der Waals surface area (Å²) in [5.74, 6) is 0.798. The van der Waals surface area contributed by atoms with E-state index in [0.29, 0.717) is 30.0 Å². The molecule has 8 nitrogen and oxygen atoms in total. The molecule has 2 amide bonds. The summed E-state index contributed by atoms with van der Waals surface area (Å²) in [5.41, 5.74) is 6.95. The van der Waals surface area contributed by atoms with Gasteiger partial charge in [-0.25, -0.2) is 0 Å². The molecule has 148 valence electrons. The number of nitrogens with zero attached hydrogens (tertiary/aromatic N) is 4. The fourth-order valence-electron chi connectivity index (χ4n) is 4.45.